The van der Waals surface area contributed by atoms with E-state index in [2.05, 4.69) is 6.92 Å². The minimum Gasteiger partial charge on any atom is -0.346 e. The molecule has 0 radical (unpaired) electrons. The topological polar surface area (TPSA) is 66.6 Å². The van der Waals surface area contributed by atoms with Crippen molar-refractivity contribution in [2.45, 2.75) is 63.8 Å². The van der Waals surface area contributed by atoms with Gasteiger partial charge in [0.15, 0.2) is 0 Å². The molecule has 2 aliphatic rings. The Morgan fingerprint density at radius 1 is 1.22 bits per heavy atom. The molecule has 0 spiro atoms. The summed E-state index contributed by atoms with van der Waals surface area (Å²) in [5.41, 5.74) is 5.63. The van der Waals surface area contributed by atoms with Crippen molar-refractivity contribution < 1.29 is 9.59 Å². The fourth-order valence-corrected chi connectivity index (χ4v) is 3.68. The molecule has 0 aromatic rings. The third-order valence-electron chi connectivity index (χ3n) is 5.28. The maximum absolute atomic E-state index is 12.6. The van der Waals surface area contributed by atoms with E-state index in [-0.39, 0.29) is 30.1 Å². The van der Waals surface area contributed by atoms with Gasteiger partial charge in [-0.1, -0.05) is 26.2 Å². The second-order valence-corrected chi connectivity index (χ2v) is 7.04. The van der Waals surface area contributed by atoms with E-state index in [9.17, 15) is 9.59 Å². The molecule has 2 rings (SSSR count). The summed E-state index contributed by atoms with van der Waals surface area (Å²) >= 11 is 0. The van der Waals surface area contributed by atoms with E-state index < -0.39 is 5.54 Å². The molecule has 0 unspecified atom stereocenters. The van der Waals surface area contributed by atoms with Gasteiger partial charge >= 0.3 is 0 Å². The van der Waals surface area contributed by atoms with E-state index in [0.717, 1.165) is 57.9 Å². The molecule has 1 aliphatic carbocycles. The van der Waals surface area contributed by atoms with Crippen LogP contribution in [0.25, 0.3) is 0 Å². The number of nitrogens with zero attached hydrogens (tertiary/aromatic N) is 2. The van der Waals surface area contributed by atoms with Crippen LogP contribution in [0.5, 0.6) is 0 Å². The van der Waals surface area contributed by atoms with Gasteiger partial charge in [-0.15, -0.1) is 12.4 Å². The van der Waals surface area contributed by atoms with Gasteiger partial charge in [-0.25, -0.2) is 0 Å². The van der Waals surface area contributed by atoms with Crippen molar-refractivity contribution in [3.05, 3.63) is 0 Å². The number of amides is 2. The van der Waals surface area contributed by atoms with Crippen LogP contribution in [0.1, 0.15) is 58.3 Å². The minimum atomic E-state index is -0.630. The monoisotopic (exact) mass is 345 g/mol. The zero-order valence-corrected chi connectivity index (χ0v) is 15.4. The fourth-order valence-electron chi connectivity index (χ4n) is 3.68. The molecule has 0 aromatic carbocycles. The number of hydrogen-bond acceptors (Lipinski definition) is 3. The van der Waals surface area contributed by atoms with Crippen molar-refractivity contribution in [1.29, 1.82) is 0 Å². The van der Waals surface area contributed by atoms with Gasteiger partial charge in [0.2, 0.25) is 11.8 Å². The standard InChI is InChI=1S/C17H31N3O2.ClH/c1-3-4-11-19(2)15(21)14-7-12-20(13-8-14)16(22)17(18)9-5-6-10-17;/h14H,3-13,18H2,1-2H3;1H. The number of halogens is 1. The van der Waals surface area contributed by atoms with Gasteiger partial charge in [0.25, 0.3) is 0 Å². The van der Waals surface area contributed by atoms with E-state index >= 15 is 0 Å². The first-order chi connectivity index (χ1) is 10.5. The molecule has 1 heterocycles. The molecule has 2 fully saturated rings. The Balaban J connectivity index is 0.00000264. The molecular weight excluding hydrogens is 314 g/mol. The lowest BCUT2D eigenvalue weighted by Gasteiger charge is -2.37. The molecule has 134 valence electrons. The normalized spacial score (nSPS) is 20.9. The van der Waals surface area contributed by atoms with E-state index in [1.807, 2.05) is 16.8 Å². The summed E-state index contributed by atoms with van der Waals surface area (Å²) in [5.74, 6) is 0.419. The van der Waals surface area contributed by atoms with Crippen molar-refractivity contribution in [1.82, 2.24) is 9.80 Å². The number of hydrogen-bond donors (Lipinski definition) is 1. The van der Waals surface area contributed by atoms with Crippen molar-refractivity contribution in [2.75, 3.05) is 26.7 Å². The van der Waals surface area contributed by atoms with Crippen LogP contribution in [0.15, 0.2) is 0 Å². The van der Waals surface area contributed by atoms with Crippen molar-refractivity contribution in [3.8, 4) is 0 Å². The van der Waals surface area contributed by atoms with Crippen LogP contribution < -0.4 is 5.73 Å². The fraction of sp³-hybridized carbons (Fsp3) is 0.882. The lowest BCUT2D eigenvalue weighted by Crippen LogP contribution is -2.55. The molecule has 6 heteroatoms. The quantitative estimate of drug-likeness (QED) is 0.830. The highest BCUT2D eigenvalue weighted by atomic mass is 35.5. The van der Waals surface area contributed by atoms with Crippen molar-refractivity contribution in [2.24, 2.45) is 11.7 Å². The van der Waals surface area contributed by atoms with Crippen LogP contribution in [0.3, 0.4) is 0 Å². The first-order valence-electron chi connectivity index (χ1n) is 8.81. The van der Waals surface area contributed by atoms with Gasteiger partial charge in [-0.3, -0.25) is 9.59 Å². The zero-order valence-electron chi connectivity index (χ0n) is 14.6. The van der Waals surface area contributed by atoms with Crippen molar-refractivity contribution >= 4 is 24.2 Å². The molecule has 2 N–H and O–H groups in total. The van der Waals surface area contributed by atoms with Gasteiger partial charge in [0.1, 0.15) is 0 Å². The third-order valence-corrected chi connectivity index (χ3v) is 5.28. The lowest BCUT2D eigenvalue weighted by atomic mass is 9.91. The molecule has 2 amide bonds. The first-order valence-corrected chi connectivity index (χ1v) is 8.81. The molecule has 0 aromatic heterocycles. The highest BCUT2D eigenvalue weighted by Gasteiger charge is 2.41. The highest BCUT2D eigenvalue weighted by molar-refractivity contribution is 5.87. The Kier molecular flexibility index (Phi) is 7.81. The van der Waals surface area contributed by atoms with E-state index in [1.165, 1.54) is 0 Å². The Morgan fingerprint density at radius 2 is 1.78 bits per heavy atom. The molecule has 1 saturated carbocycles. The Hall–Kier alpha value is -0.810. The largest absolute Gasteiger partial charge is 0.346 e. The summed E-state index contributed by atoms with van der Waals surface area (Å²) in [6.45, 7) is 4.32. The number of rotatable bonds is 5. The third kappa shape index (κ3) is 4.83. The lowest BCUT2D eigenvalue weighted by molar-refractivity contribution is -0.142. The van der Waals surface area contributed by atoms with Crippen molar-refractivity contribution in [3.63, 3.8) is 0 Å². The van der Waals surface area contributed by atoms with Crippen LogP contribution in [-0.4, -0.2) is 53.8 Å². The summed E-state index contributed by atoms with van der Waals surface area (Å²) in [6.07, 6.45) is 7.43. The summed E-state index contributed by atoms with van der Waals surface area (Å²) < 4.78 is 0. The Labute approximate surface area is 146 Å². The predicted octanol–water partition coefficient (Wildman–Crippen LogP) is 2.18. The number of carbonyl (C=O) groups is 2. The molecule has 0 bridgehead atoms. The van der Waals surface area contributed by atoms with E-state index in [4.69, 9.17) is 5.73 Å². The Morgan fingerprint density at radius 3 is 2.30 bits per heavy atom. The van der Waals surface area contributed by atoms with Crippen LogP contribution in [-0.2, 0) is 9.59 Å². The molecule has 1 saturated heterocycles. The minimum absolute atomic E-state index is 0. The number of piperidine rings is 1. The maximum atomic E-state index is 12.6. The molecular formula is C17H32ClN3O2. The second-order valence-electron chi connectivity index (χ2n) is 7.04. The van der Waals surface area contributed by atoms with Gasteiger partial charge in [0, 0.05) is 32.6 Å². The number of nitrogens with two attached hydrogens (primary N) is 1. The van der Waals surface area contributed by atoms with Crippen LogP contribution in [0.2, 0.25) is 0 Å². The molecule has 1 aliphatic heterocycles. The molecule has 23 heavy (non-hydrogen) atoms. The summed E-state index contributed by atoms with van der Waals surface area (Å²) in [7, 11) is 1.89. The highest BCUT2D eigenvalue weighted by Crippen LogP contribution is 2.30. The predicted molar refractivity (Wildman–Crippen MR) is 94.5 cm³/mol. The number of unbranched alkanes of at least 4 members (excludes halogenated alkanes) is 1. The van der Waals surface area contributed by atoms with Crippen LogP contribution >= 0.6 is 12.4 Å². The van der Waals surface area contributed by atoms with Crippen LogP contribution in [0, 0.1) is 5.92 Å². The smallest absolute Gasteiger partial charge is 0.242 e. The van der Waals surface area contributed by atoms with Crippen LogP contribution in [0.4, 0.5) is 0 Å². The second kappa shape index (κ2) is 8.88. The maximum Gasteiger partial charge on any atom is 0.242 e. The zero-order chi connectivity index (χ0) is 16.2. The van der Waals surface area contributed by atoms with Gasteiger partial charge < -0.3 is 15.5 Å². The first kappa shape index (κ1) is 20.2. The summed E-state index contributed by atoms with van der Waals surface area (Å²) in [4.78, 5) is 28.7. The average molecular weight is 346 g/mol. The van der Waals surface area contributed by atoms with E-state index in [0.29, 0.717) is 13.1 Å². The summed E-state index contributed by atoms with van der Waals surface area (Å²) in [6, 6.07) is 0. The average Bonchev–Trinajstić information content (AvgIpc) is 2.99. The van der Waals surface area contributed by atoms with Gasteiger partial charge in [-0.05, 0) is 32.1 Å². The number of carbonyl (C=O) groups excluding carboxylic acids is 2. The Bertz CT molecular complexity index is 403. The van der Waals surface area contributed by atoms with Gasteiger partial charge in [0.05, 0.1) is 5.54 Å². The van der Waals surface area contributed by atoms with Gasteiger partial charge in [-0.2, -0.15) is 0 Å². The SMILES string of the molecule is CCCCN(C)C(=O)C1CCN(C(=O)C2(N)CCCC2)CC1.Cl. The molecule has 5 nitrogen and oxygen atoms in total. The molecule has 0 atom stereocenters. The summed E-state index contributed by atoms with van der Waals surface area (Å²) in [5, 5.41) is 0. The van der Waals surface area contributed by atoms with E-state index in [1.54, 1.807) is 0 Å². The number of likely N-dealkylation sites (tertiary alicyclic amines) is 1.